The number of methoxy groups -OCH3 is 2. The average molecular weight is 329 g/mol. The summed E-state index contributed by atoms with van der Waals surface area (Å²) in [6.07, 6.45) is 1.90. The quantitative estimate of drug-likeness (QED) is 0.889. The first-order chi connectivity index (χ1) is 9.15. The Kier molecular flexibility index (Phi) is 4.66. The second-order valence-corrected chi connectivity index (χ2v) is 5.13. The second kappa shape index (κ2) is 6.25. The molecule has 1 heterocycles. The van der Waals surface area contributed by atoms with E-state index < -0.39 is 0 Å². The van der Waals surface area contributed by atoms with Crippen LogP contribution in [-0.2, 0) is 4.79 Å². The van der Waals surface area contributed by atoms with Crippen LogP contribution in [0.1, 0.15) is 12.8 Å². The smallest absolute Gasteiger partial charge is 0.241 e. The lowest BCUT2D eigenvalue weighted by atomic mass is 10.2. The zero-order chi connectivity index (χ0) is 13.8. The Bertz CT molecular complexity index is 448. The summed E-state index contributed by atoms with van der Waals surface area (Å²) in [6, 6.07) is 3.42. The standard InChI is InChI=1S/C13H17BrN2O3/c1-18-10-6-8(7-11(19-2)12(10)14)16-13(17)9-4-3-5-15-9/h6-7,9,15H,3-5H2,1-2H3,(H,16,17). The van der Waals surface area contributed by atoms with Crippen molar-refractivity contribution >= 4 is 27.5 Å². The molecule has 1 unspecified atom stereocenters. The molecule has 0 spiro atoms. The highest BCUT2D eigenvalue weighted by molar-refractivity contribution is 9.10. The van der Waals surface area contributed by atoms with Gasteiger partial charge in [-0.15, -0.1) is 0 Å². The van der Waals surface area contributed by atoms with Gasteiger partial charge in [0.1, 0.15) is 16.0 Å². The first-order valence-electron chi connectivity index (χ1n) is 6.11. The molecule has 1 fully saturated rings. The average Bonchev–Trinajstić information content (AvgIpc) is 2.94. The maximum Gasteiger partial charge on any atom is 0.241 e. The Morgan fingerprint density at radius 2 is 2.00 bits per heavy atom. The van der Waals surface area contributed by atoms with Crippen LogP contribution < -0.4 is 20.1 Å². The minimum absolute atomic E-state index is 0.0241. The van der Waals surface area contributed by atoms with Gasteiger partial charge in [-0.1, -0.05) is 0 Å². The number of benzene rings is 1. The van der Waals surface area contributed by atoms with Gasteiger partial charge in [0.15, 0.2) is 0 Å². The Hall–Kier alpha value is -1.27. The monoisotopic (exact) mass is 328 g/mol. The summed E-state index contributed by atoms with van der Waals surface area (Å²) in [5.74, 6) is 1.21. The van der Waals surface area contributed by atoms with Gasteiger partial charge in [0, 0.05) is 17.8 Å². The van der Waals surface area contributed by atoms with E-state index >= 15 is 0 Å². The van der Waals surface area contributed by atoms with E-state index in [1.54, 1.807) is 26.4 Å². The molecule has 0 aromatic heterocycles. The van der Waals surface area contributed by atoms with Crippen molar-refractivity contribution in [3.05, 3.63) is 16.6 Å². The van der Waals surface area contributed by atoms with E-state index in [1.165, 1.54) is 0 Å². The van der Waals surface area contributed by atoms with Crippen LogP contribution in [0.2, 0.25) is 0 Å². The van der Waals surface area contributed by atoms with Gasteiger partial charge in [0.05, 0.1) is 20.3 Å². The van der Waals surface area contributed by atoms with Crippen LogP contribution in [0.25, 0.3) is 0 Å². The lowest BCUT2D eigenvalue weighted by molar-refractivity contribution is -0.117. The van der Waals surface area contributed by atoms with Crippen molar-refractivity contribution in [3.8, 4) is 11.5 Å². The molecule has 2 N–H and O–H groups in total. The summed E-state index contributed by atoms with van der Waals surface area (Å²) >= 11 is 3.39. The molecule has 1 aromatic rings. The molecule has 1 aromatic carbocycles. The fraction of sp³-hybridized carbons (Fsp3) is 0.462. The number of carbonyl (C=O) groups is 1. The van der Waals surface area contributed by atoms with Crippen LogP contribution in [0.4, 0.5) is 5.69 Å². The number of hydrogen-bond acceptors (Lipinski definition) is 4. The van der Waals surface area contributed by atoms with Gasteiger partial charge in [-0.3, -0.25) is 4.79 Å². The second-order valence-electron chi connectivity index (χ2n) is 4.33. The number of hydrogen-bond donors (Lipinski definition) is 2. The fourth-order valence-corrected chi connectivity index (χ4v) is 2.63. The normalized spacial score (nSPS) is 18.2. The molecule has 6 heteroatoms. The molecule has 19 heavy (non-hydrogen) atoms. The molecular weight excluding hydrogens is 312 g/mol. The molecule has 1 aliphatic heterocycles. The van der Waals surface area contributed by atoms with Crippen LogP contribution in [0.15, 0.2) is 16.6 Å². The fourth-order valence-electron chi connectivity index (χ4n) is 2.08. The highest BCUT2D eigenvalue weighted by Crippen LogP contribution is 2.37. The highest BCUT2D eigenvalue weighted by Gasteiger charge is 2.22. The molecule has 0 radical (unpaired) electrons. The van der Waals surface area contributed by atoms with Gasteiger partial charge in [0.25, 0.3) is 0 Å². The summed E-state index contributed by atoms with van der Waals surface area (Å²) in [5.41, 5.74) is 0.663. The third-order valence-electron chi connectivity index (χ3n) is 3.09. The molecule has 2 rings (SSSR count). The van der Waals surface area contributed by atoms with Crippen molar-refractivity contribution in [1.82, 2.24) is 5.32 Å². The van der Waals surface area contributed by atoms with Crippen LogP contribution in [0, 0.1) is 0 Å². The third-order valence-corrected chi connectivity index (χ3v) is 3.87. The first-order valence-corrected chi connectivity index (χ1v) is 6.90. The van der Waals surface area contributed by atoms with E-state index in [0.717, 1.165) is 23.9 Å². The topological polar surface area (TPSA) is 59.6 Å². The number of nitrogens with one attached hydrogen (secondary N) is 2. The summed E-state index contributed by atoms with van der Waals surface area (Å²) in [6.45, 7) is 0.894. The van der Waals surface area contributed by atoms with Gasteiger partial charge in [-0.2, -0.15) is 0 Å². The number of carbonyl (C=O) groups excluding carboxylic acids is 1. The number of rotatable bonds is 4. The zero-order valence-electron chi connectivity index (χ0n) is 11.0. The van der Waals surface area contributed by atoms with Gasteiger partial charge < -0.3 is 20.1 Å². The van der Waals surface area contributed by atoms with E-state index in [9.17, 15) is 4.79 Å². The van der Waals surface area contributed by atoms with Crippen LogP contribution >= 0.6 is 15.9 Å². The number of anilines is 1. The van der Waals surface area contributed by atoms with Gasteiger partial charge in [0.2, 0.25) is 5.91 Å². The van der Waals surface area contributed by atoms with Crippen molar-refractivity contribution < 1.29 is 14.3 Å². The summed E-state index contributed by atoms with van der Waals surface area (Å²) in [7, 11) is 3.15. The van der Waals surface area contributed by atoms with Gasteiger partial charge in [-0.25, -0.2) is 0 Å². The lowest BCUT2D eigenvalue weighted by Crippen LogP contribution is -2.35. The summed E-state index contributed by atoms with van der Waals surface area (Å²) in [4.78, 5) is 12.0. The molecule has 0 aliphatic carbocycles. The van der Waals surface area contributed by atoms with Crippen molar-refractivity contribution in [1.29, 1.82) is 0 Å². The molecule has 1 amide bonds. The number of ether oxygens (including phenoxy) is 2. The van der Waals surface area contributed by atoms with Crippen LogP contribution in [0.5, 0.6) is 11.5 Å². The molecule has 1 aliphatic rings. The molecule has 0 saturated carbocycles. The molecular formula is C13H17BrN2O3. The molecule has 1 saturated heterocycles. The third kappa shape index (κ3) is 3.19. The SMILES string of the molecule is COc1cc(NC(=O)C2CCCN2)cc(OC)c1Br. The zero-order valence-corrected chi connectivity index (χ0v) is 12.5. The molecule has 5 nitrogen and oxygen atoms in total. The van der Waals surface area contributed by atoms with Crippen molar-refractivity contribution in [2.75, 3.05) is 26.1 Å². The highest BCUT2D eigenvalue weighted by atomic mass is 79.9. The first kappa shape index (κ1) is 14.1. The van der Waals surface area contributed by atoms with E-state index in [2.05, 4.69) is 26.6 Å². The van der Waals surface area contributed by atoms with Gasteiger partial charge in [-0.05, 0) is 35.3 Å². The maximum atomic E-state index is 12.0. The predicted octanol–water partition coefficient (Wildman–Crippen LogP) is 2.16. The van der Waals surface area contributed by atoms with E-state index in [4.69, 9.17) is 9.47 Å². The molecule has 1 atom stereocenters. The Balaban J connectivity index is 2.17. The Morgan fingerprint density at radius 1 is 1.37 bits per heavy atom. The van der Waals surface area contributed by atoms with E-state index in [0.29, 0.717) is 17.2 Å². The predicted molar refractivity (Wildman–Crippen MR) is 76.9 cm³/mol. The number of halogens is 1. The maximum absolute atomic E-state index is 12.0. The van der Waals surface area contributed by atoms with Gasteiger partial charge >= 0.3 is 0 Å². The summed E-state index contributed by atoms with van der Waals surface area (Å²) in [5, 5.41) is 6.04. The molecule has 0 bridgehead atoms. The largest absolute Gasteiger partial charge is 0.495 e. The van der Waals surface area contributed by atoms with E-state index in [1.807, 2.05) is 0 Å². The summed E-state index contributed by atoms with van der Waals surface area (Å²) < 4.78 is 11.2. The minimum Gasteiger partial charge on any atom is -0.495 e. The lowest BCUT2D eigenvalue weighted by Gasteiger charge is -2.14. The van der Waals surface area contributed by atoms with Crippen molar-refractivity contribution in [2.45, 2.75) is 18.9 Å². The van der Waals surface area contributed by atoms with Crippen molar-refractivity contribution in [2.24, 2.45) is 0 Å². The minimum atomic E-state index is -0.111. The van der Waals surface area contributed by atoms with E-state index in [-0.39, 0.29) is 11.9 Å². The molecule has 104 valence electrons. The Morgan fingerprint density at radius 3 is 2.47 bits per heavy atom. The van der Waals surface area contributed by atoms with Crippen molar-refractivity contribution in [3.63, 3.8) is 0 Å². The Labute approximate surface area is 120 Å². The van der Waals surface area contributed by atoms with Crippen LogP contribution in [0.3, 0.4) is 0 Å². The van der Waals surface area contributed by atoms with Crippen LogP contribution in [-0.4, -0.2) is 32.7 Å². The number of amides is 1.